The Morgan fingerprint density at radius 2 is 2.03 bits per heavy atom. The number of nitrogens with one attached hydrogen (secondary N) is 2. The molecular weight excluding hydrogens is 400 g/mol. The fourth-order valence-corrected chi connectivity index (χ4v) is 4.57. The maximum atomic E-state index is 13.0. The van der Waals surface area contributed by atoms with E-state index in [0.29, 0.717) is 11.6 Å². The van der Waals surface area contributed by atoms with Crippen molar-refractivity contribution in [1.29, 1.82) is 0 Å². The number of benzene rings is 2. The van der Waals surface area contributed by atoms with Crippen molar-refractivity contribution in [2.24, 2.45) is 7.05 Å². The highest BCUT2D eigenvalue weighted by Gasteiger charge is 2.31. The van der Waals surface area contributed by atoms with Crippen LogP contribution in [0.2, 0.25) is 0 Å². The number of nitrogens with zero attached hydrogens (tertiary/aromatic N) is 2. The standard InChI is InChI=1S/C22H22N4O3S/c1-26-12-11-23-21(26)20(14-7-3-5-9-16(14)29-2)25-19(27)13-18-22(28)24-15-8-4-6-10-17(15)30-18/h3-12,18,20H,13H2,1-2H3,(H,24,28)(H,25,27)/t18-,20-/m0/s1. The highest BCUT2D eigenvalue weighted by Crippen LogP contribution is 2.37. The average Bonchev–Trinajstić information content (AvgIpc) is 3.18. The van der Waals surface area contributed by atoms with Crippen LogP contribution in [0.25, 0.3) is 0 Å². The molecule has 0 spiro atoms. The van der Waals surface area contributed by atoms with Crippen molar-refractivity contribution in [1.82, 2.24) is 14.9 Å². The number of aryl methyl sites for hydroxylation is 1. The van der Waals surface area contributed by atoms with E-state index < -0.39 is 11.3 Å². The minimum Gasteiger partial charge on any atom is -0.496 e. The van der Waals surface area contributed by atoms with Gasteiger partial charge < -0.3 is 19.9 Å². The van der Waals surface area contributed by atoms with Gasteiger partial charge in [-0.05, 0) is 18.2 Å². The lowest BCUT2D eigenvalue weighted by Crippen LogP contribution is -2.37. The lowest BCUT2D eigenvalue weighted by molar-refractivity contribution is -0.124. The quantitative estimate of drug-likeness (QED) is 0.638. The molecule has 0 aliphatic carbocycles. The first-order valence-corrected chi connectivity index (χ1v) is 10.4. The summed E-state index contributed by atoms with van der Waals surface area (Å²) >= 11 is 1.41. The third kappa shape index (κ3) is 4.04. The van der Waals surface area contributed by atoms with E-state index in [1.165, 1.54) is 11.8 Å². The number of fused-ring (bicyclic) bond motifs is 1. The number of rotatable bonds is 6. The molecular formula is C22H22N4O3S. The molecule has 2 heterocycles. The number of carbonyl (C=O) groups is 2. The average molecular weight is 423 g/mol. The van der Waals surface area contributed by atoms with E-state index in [1.54, 1.807) is 13.3 Å². The summed E-state index contributed by atoms with van der Waals surface area (Å²) in [4.78, 5) is 30.8. The molecule has 1 aliphatic rings. The fourth-order valence-electron chi connectivity index (χ4n) is 3.46. The summed E-state index contributed by atoms with van der Waals surface area (Å²) in [6.45, 7) is 0. The number of imidazole rings is 1. The second kappa shape index (κ2) is 8.62. The van der Waals surface area contributed by atoms with Gasteiger partial charge in [-0.25, -0.2) is 4.98 Å². The Bertz CT molecular complexity index is 1080. The van der Waals surface area contributed by atoms with Gasteiger partial charge in [0.1, 0.15) is 17.6 Å². The van der Waals surface area contributed by atoms with Gasteiger partial charge in [-0.3, -0.25) is 9.59 Å². The predicted molar refractivity (Wildman–Crippen MR) is 116 cm³/mol. The second-order valence-electron chi connectivity index (χ2n) is 6.93. The van der Waals surface area contributed by atoms with Crippen LogP contribution in [0, 0.1) is 0 Å². The summed E-state index contributed by atoms with van der Waals surface area (Å²) in [7, 11) is 3.47. The third-order valence-corrected chi connectivity index (χ3v) is 6.22. The fraction of sp³-hybridized carbons (Fsp3) is 0.227. The highest BCUT2D eigenvalue weighted by molar-refractivity contribution is 8.01. The van der Waals surface area contributed by atoms with Gasteiger partial charge in [0.2, 0.25) is 11.8 Å². The molecule has 154 valence electrons. The molecule has 30 heavy (non-hydrogen) atoms. The molecule has 3 aromatic rings. The van der Waals surface area contributed by atoms with Crippen LogP contribution in [-0.4, -0.2) is 33.7 Å². The van der Waals surface area contributed by atoms with E-state index in [2.05, 4.69) is 15.6 Å². The molecule has 2 N–H and O–H groups in total. The van der Waals surface area contributed by atoms with E-state index >= 15 is 0 Å². The van der Waals surface area contributed by atoms with Gasteiger partial charge in [0.25, 0.3) is 0 Å². The maximum absolute atomic E-state index is 13.0. The molecule has 2 atom stereocenters. The largest absolute Gasteiger partial charge is 0.496 e. The molecule has 1 aromatic heterocycles. The van der Waals surface area contributed by atoms with Gasteiger partial charge in [-0.15, -0.1) is 11.8 Å². The molecule has 0 saturated carbocycles. The number of ether oxygens (including phenoxy) is 1. The van der Waals surface area contributed by atoms with Gasteiger partial charge in [0, 0.05) is 36.3 Å². The maximum Gasteiger partial charge on any atom is 0.238 e. The van der Waals surface area contributed by atoms with Crippen molar-refractivity contribution in [3.8, 4) is 5.75 Å². The molecule has 2 amide bonds. The predicted octanol–water partition coefficient (Wildman–Crippen LogP) is 3.14. The van der Waals surface area contributed by atoms with E-state index in [0.717, 1.165) is 16.1 Å². The van der Waals surface area contributed by atoms with Gasteiger partial charge in [0.05, 0.1) is 18.0 Å². The normalized spacial score (nSPS) is 16.3. The summed E-state index contributed by atoms with van der Waals surface area (Å²) < 4.78 is 7.35. The van der Waals surface area contributed by atoms with Crippen LogP contribution < -0.4 is 15.4 Å². The first-order chi connectivity index (χ1) is 14.6. The van der Waals surface area contributed by atoms with Crippen molar-refractivity contribution in [3.63, 3.8) is 0 Å². The zero-order valence-corrected chi connectivity index (χ0v) is 17.5. The Hall–Kier alpha value is -3.26. The van der Waals surface area contributed by atoms with Crippen LogP contribution in [0.4, 0.5) is 5.69 Å². The number of para-hydroxylation sites is 2. The van der Waals surface area contributed by atoms with E-state index in [9.17, 15) is 9.59 Å². The number of hydrogen-bond donors (Lipinski definition) is 2. The monoisotopic (exact) mass is 422 g/mol. The minimum absolute atomic E-state index is 0.0565. The van der Waals surface area contributed by atoms with Crippen molar-refractivity contribution >= 4 is 29.3 Å². The van der Waals surface area contributed by atoms with Crippen molar-refractivity contribution < 1.29 is 14.3 Å². The van der Waals surface area contributed by atoms with Crippen LogP contribution in [0.1, 0.15) is 23.9 Å². The zero-order chi connectivity index (χ0) is 21.1. The van der Waals surface area contributed by atoms with Crippen molar-refractivity contribution in [2.45, 2.75) is 22.6 Å². The molecule has 0 saturated heterocycles. The van der Waals surface area contributed by atoms with Gasteiger partial charge in [-0.2, -0.15) is 0 Å². The smallest absolute Gasteiger partial charge is 0.238 e. The summed E-state index contributed by atoms with van der Waals surface area (Å²) in [5, 5.41) is 5.43. The number of thioether (sulfide) groups is 1. The Morgan fingerprint density at radius 3 is 2.80 bits per heavy atom. The molecule has 0 unspecified atom stereocenters. The second-order valence-corrected chi connectivity index (χ2v) is 8.18. The number of carbonyl (C=O) groups excluding carboxylic acids is 2. The molecule has 0 bridgehead atoms. The molecule has 0 fully saturated rings. The van der Waals surface area contributed by atoms with Crippen molar-refractivity contribution in [2.75, 3.05) is 12.4 Å². The summed E-state index contributed by atoms with van der Waals surface area (Å²) in [6, 6.07) is 14.6. The minimum atomic E-state index is -0.502. The van der Waals surface area contributed by atoms with E-state index in [-0.39, 0.29) is 18.2 Å². The van der Waals surface area contributed by atoms with Crippen molar-refractivity contribution in [3.05, 3.63) is 72.3 Å². The van der Waals surface area contributed by atoms with E-state index in [4.69, 9.17) is 4.74 Å². The molecule has 0 radical (unpaired) electrons. The molecule has 8 heteroatoms. The molecule has 2 aromatic carbocycles. The number of anilines is 1. The number of methoxy groups -OCH3 is 1. The van der Waals surface area contributed by atoms with Gasteiger partial charge in [0.15, 0.2) is 0 Å². The summed E-state index contributed by atoms with van der Waals surface area (Å²) in [6.07, 6.45) is 3.57. The Labute approximate surface area is 178 Å². The van der Waals surface area contributed by atoms with E-state index in [1.807, 2.05) is 66.3 Å². The van der Waals surface area contributed by atoms with Crippen LogP contribution in [0.15, 0.2) is 65.8 Å². The van der Waals surface area contributed by atoms with Crippen LogP contribution in [0.5, 0.6) is 5.75 Å². The Morgan fingerprint density at radius 1 is 1.27 bits per heavy atom. The van der Waals surface area contributed by atoms with Crippen LogP contribution in [0.3, 0.4) is 0 Å². The summed E-state index contributed by atoms with van der Waals surface area (Å²) in [5.41, 5.74) is 1.58. The van der Waals surface area contributed by atoms with Crippen LogP contribution >= 0.6 is 11.8 Å². The third-order valence-electron chi connectivity index (χ3n) is 4.95. The highest BCUT2D eigenvalue weighted by atomic mass is 32.2. The lowest BCUT2D eigenvalue weighted by Gasteiger charge is -2.25. The molecule has 1 aliphatic heterocycles. The molecule has 7 nitrogen and oxygen atoms in total. The SMILES string of the molecule is COc1ccccc1[C@H](NC(=O)C[C@@H]1Sc2ccccc2NC1=O)c1nccn1C. The lowest BCUT2D eigenvalue weighted by atomic mass is 10.0. The van der Waals surface area contributed by atoms with Gasteiger partial charge in [-0.1, -0.05) is 30.3 Å². The van der Waals surface area contributed by atoms with Gasteiger partial charge >= 0.3 is 0 Å². The number of amides is 2. The first-order valence-electron chi connectivity index (χ1n) is 9.53. The zero-order valence-electron chi connectivity index (χ0n) is 16.7. The number of hydrogen-bond acceptors (Lipinski definition) is 5. The topological polar surface area (TPSA) is 85.2 Å². The number of aromatic nitrogens is 2. The summed E-state index contributed by atoms with van der Waals surface area (Å²) in [5.74, 6) is 0.934. The Kier molecular flexibility index (Phi) is 5.76. The first kappa shape index (κ1) is 20.0. The molecule has 4 rings (SSSR count). The van der Waals surface area contributed by atoms with Crippen LogP contribution in [-0.2, 0) is 16.6 Å². The Balaban J connectivity index is 1.56.